The Labute approximate surface area is 169 Å². The van der Waals surface area contributed by atoms with Crippen LogP contribution in [0, 0.1) is 5.82 Å². The van der Waals surface area contributed by atoms with Gasteiger partial charge in [0, 0.05) is 43.6 Å². The third kappa shape index (κ3) is 3.82. The highest BCUT2D eigenvalue weighted by molar-refractivity contribution is 6.08. The number of anilines is 2. The Morgan fingerprint density at radius 1 is 1.20 bits per heavy atom. The molecule has 1 N–H and O–H groups in total. The third-order valence-corrected chi connectivity index (χ3v) is 4.92. The van der Waals surface area contributed by atoms with Crippen molar-refractivity contribution in [3.8, 4) is 0 Å². The quantitative estimate of drug-likeness (QED) is 0.650. The molecule has 30 heavy (non-hydrogen) atoms. The zero-order chi connectivity index (χ0) is 21.5. The molecule has 3 heterocycles. The van der Waals surface area contributed by atoms with E-state index in [1.54, 1.807) is 28.8 Å². The first-order chi connectivity index (χ1) is 14.2. The standard InChI is InChI=1S/C20H18F4N4O2/c1-27-3-2-15-17(27)16(19(29)28-4-6-30-7-5-28)11-25-18(15)26-14-9-12(20(22,23)24)8-13(21)10-14/h2-3,8-11H,4-7H2,1H3,(H,25,26). The Kier molecular flexibility index (Phi) is 5.10. The second-order valence-corrected chi connectivity index (χ2v) is 6.97. The van der Waals surface area contributed by atoms with E-state index < -0.39 is 17.6 Å². The van der Waals surface area contributed by atoms with Crippen LogP contribution in [0.5, 0.6) is 0 Å². The van der Waals surface area contributed by atoms with Crippen molar-refractivity contribution in [2.45, 2.75) is 6.18 Å². The van der Waals surface area contributed by atoms with Gasteiger partial charge in [-0.3, -0.25) is 4.79 Å². The van der Waals surface area contributed by atoms with Gasteiger partial charge in [0.05, 0.1) is 29.9 Å². The number of nitrogens with zero attached hydrogens (tertiary/aromatic N) is 3. The topological polar surface area (TPSA) is 59.4 Å². The van der Waals surface area contributed by atoms with E-state index in [0.717, 1.165) is 12.1 Å². The molecule has 1 aromatic carbocycles. The highest BCUT2D eigenvalue weighted by atomic mass is 19.4. The second-order valence-electron chi connectivity index (χ2n) is 6.97. The second kappa shape index (κ2) is 7.60. The lowest BCUT2D eigenvalue weighted by Gasteiger charge is -2.27. The lowest BCUT2D eigenvalue weighted by atomic mass is 10.1. The average molecular weight is 422 g/mol. The molecule has 0 aliphatic carbocycles. The molecule has 0 bridgehead atoms. The summed E-state index contributed by atoms with van der Waals surface area (Å²) < 4.78 is 59.7. The fourth-order valence-corrected chi connectivity index (χ4v) is 3.47. The van der Waals surface area contributed by atoms with E-state index >= 15 is 0 Å². The molecule has 1 saturated heterocycles. The predicted molar refractivity (Wildman–Crippen MR) is 102 cm³/mol. The number of benzene rings is 1. The molecule has 10 heteroatoms. The van der Waals surface area contributed by atoms with E-state index in [4.69, 9.17) is 4.74 Å². The number of halogens is 4. The first kappa shape index (κ1) is 20.1. The van der Waals surface area contributed by atoms with Gasteiger partial charge < -0.3 is 19.5 Å². The number of carbonyl (C=O) groups excluding carboxylic acids is 1. The lowest BCUT2D eigenvalue weighted by Crippen LogP contribution is -2.40. The van der Waals surface area contributed by atoms with Gasteiger partial charge in [-0.05, 0) is 24.3 Å². The molecule has 1 aliphatic rings. The van der Waals surface area contributed by atoms with Crippen molar-refractivity contribution in [3.63, 3.8) is 0 Å². The van der Waals surface area contributed by atoms with Crippen molar-refractivity contribution in [2.75, 3.05) is 31.6 Å². The monoisotopic (exact) mass is 422 g/mol. The Bertz CT molecular complexity index is 1100. The molecule has 0 radical (unpaired) electrons. The minimum Gasteiger partial charge on any atom is -0.378 e. The fraction of sp³-hybridized carbons (Fsp3) is 0.300. The molecule has 1 aliphatic heterocycles. The molecule has 4 rings (SSSR count). The highest BCUT2D eigenvalue weighted by Gasteiger charge is 2.31. The van der Waals surface area contributed by atoms with Gasteiger partial charge in [0.25, 0.3) is 5.91 Å². The van der Waals surface area contributed by atoms with E-state index in [9.17, 15) is 22.4 Å². The van der Waals surface area contributed by atoms with Crippen LogP contribution in [0.15, 0.2) is 36.7 Å². The van der Waals surface area contributed by atoms with Crippen LogP contribution < -0.4 is 5.32 Å². The predicted octanol–water partition coefficient (Wildman–Crippen LogP) is 3.95. The van der Waals surface area contributed by atoms with Crippen LogP contribution in [-0.4, -0.2) is 46.7 Å². The Hall–Kier alpha value is -3.14. The fourth-order valence-electron chi connectivity index (χ4n) is 3.47. The van der Waals surface area contributed by atoms with Gasteiger partial charge in [0.2, 0.25) is 0 Å². The summed E-state index contributed by atoms with van der Waals surface area (Å²) in [4.78, 5) is 18.9. The lowest BCUT2D eigenvalue weighted by molar-refractivity contribution is -0.137. The molecule has 0 unspecified atom stereocenters. The van der Waals surface area contributed by atoms with E-state index in [0.29, 0.717) is 48.8 Å². The van der Waals surface area contributed by atoms with Crippen LogP contribution in [-0.2, 0) is 18.0 Å². The Balaban J connectivity index is 1.72. The number of carbonyl (C=O) groups is 1. The van der Waals surface area contributed by atoms with Crippen LogP contribution >= 0.6 is 0 Å². The van der Waals surface area contributed by atoms with Crippen molar-refractivity contribution in [1.82, 2.24) is 14.5 Å². The molecule has 6 nitrogen and oxygen atoms in total. The minimum absolute atomic E-state index is 0.0905. The van der Waals surface area contributed by atoms with E-state index in [1.165, 1.54) is 6.20 Å². The molecule has 2 aromatic heterocycles. The number of aromatic nitrogens is 2. The number of aryl methyl sites for hydroxylation is 1. The van der Waals surface area contributed by atoms with Gasteiger partial charge in [0.15, 0.2) is 0 Å². The smallest absolute Gasteiger partial charge is 0.378 e. The first-order valence-electron chi connectivity index (χ1n) is 9.20. The van der Waals surface area contributed by atoms with Gasteiger partial charge in [0.1, 0.15) is 11.6 Å². The molecule has 1 fully saturated rings. The van der Waals surface area contributed by atoms with Crippen LogP contribution in [0.25, 0.3) is 10.9 Å². The van der Waals surface area contributed by atoms with Gasteiger partial charge in [-0.15, -0.1) is 0 Å². The largest absolute Gasteiger partial charge is 0.416 e. The van der Waals surface area contributed by atoms with Crippen molar-refractivity contribution in [1.29, 1.82) is 0 Å². The Morgan fingerprint density at radius 2 is 1.93 bits per heavy atom. The van der Waals surface area contributed by atoms with Crippen LogP contribution in [0.2, 0.25) is 0 Å². The summed E-state index contributed by atoms with van der Waals surface area (Å²) in [5.41, 5.74) is -0.239. The number of hydrogen-bond donors (Lipinski definition) is 1. The van der Waals surface area contributed by atoms with Crippen molar-refractivity contribution >= 4 is 28.3 Å². The van der Waals surface area contributed by atoms with Crippen molar-refractivity contribution in [2.24, 2.45) is 7.05 Å². The van der Waals surface area contributed by atoms with E-state index in [2.05, 4.69) is 10.3 Å². The maximum atomic E-state index is 13.7. The Morgan fingerprint density at radius 3 is 2.63 bits per heavy atom. The molecule has 0 atom stereocenters. The number of morpholine rings is 1. The number of ether oxygens (including phenoxy) is 1. The van der Waals surface area contributed by atoms with Crippen LogP contribution in [0.4, 0.5) is 29.1 Å². The summed E-state index contributed by atoms with van der Waals surface area (Å²) in [6, 6.07) is 3.90. The number of nitrogens with one attached hydrogen (secondary N) is 1. The highest BCUT2D eigenvalue weighted by Crippen LogP contribution is 2.34. The van der Waals surface area contributed by atoms with Crippen LogP contribution in [0.1, 0.15) is 15.9 Å². The molecular formula is C20H18F4N4O2. The number of alkyl halides is 3. The van der Waals surface area contributed by atoms with Crippen LogP contribution in [0.3, 0.4) is 0 Å². The molecular weight excluding hydrogens is 404 g/mol. The number of rotatable bonds is 3. The van der Waals surface area contributed by atoms with E-state index in [-0.39, 0.29) is 17.4 Å². The molecule has 0 saturated carbocycles. The number of hydrogen-bond acceptors (Lipinski definition) is 4. The normalized spacial score (nSPS) is 14.9. The average Bonchev–Trinajstić information content (AvgIpc) is 3.10. The number of pyridine rings is 1. The number of amides is 1. The minimum atomic E-state index is -4.68. The molecule has 158 valence electrons. The summed E-state index contributed by atoms with van der Waals surface area (Å²) in [5, 5.41) is 3.29. The summed E-state index contributed by atoms with van der Waals surface area (Å²) in [7, 11) is 1.76. The summed E-state index contributed by atoms with van der Waals surface area (Å²) in [6.07, 6.45) is -1.57. The van der Waals surface area contributed by atoms with Gasteiger partial charge in [-0.1, -0.05) is 0 Å². The maximum Gasteiger partial charge on any atom is 0.416 e. The summed E-state index contributed by atoms with van der Waals surface area (Å²) in [5.74, 6) is -0.993. The van der Waals surface area contributed by atoms with Gasteiger partial charge in [-0.25, -0.2) is 9.37 Å². The van der Waals surface area contributed by atoms with Crippen molar-refractivity contribution < 1.29 is 27.1 Å². The SMILES string of the molecule is Cn1ccc2c(Nc3cc(F)cc(C(F)(F)F)c3)ncc(C(=O)N3CCOCC3)c21. The molecule has 1 amide bonds. The van der Waals surface area contributed by atoms with Gasteiger partial charge >= 0.3 is 6.18 Å². The molecule has 0 spiro atoms. The number of fused-ring (bicyclic) bond motifs is 1. The van der Waals surface area contributed by atoms with Crippen molar-refractivity contribution in [3.05, 3.63) is 53.6 Å². The summed E-state index contributed by atoms with van der Waals surface area (Å²) in [6.45, 7) is 1.84. The maximum absolute atomic E-state index is 13.7. The summed E-state index contributed by atoms with van der Waals surface area (Å²) >= 11 is 0. The van der Waals surface area contributed by atoms with E-state index in [1.807, 2.05) is 0 Å². The third-order valence-electron chi connectivity index (χ3n) is 4.92. The zero-order valence-electron chi connectivity index (χ0n) is 16.0. The molecule has 3 aromatic rings. The first-order valence-corrected chi connectivity index (χ1v) is 9.20. The zero-order valence-corrected chi connectivity index (χ0v) is 16.0. The van der Waals surface area contributed by atoms with Gasteiger partial charge in [-0.2, -0.15) is 13.2 Å².